The maximum Gasteiger partial charge on any atom is 0.420 e. The minimum Gasteiger partial charge on any atom is -0.493 e. The summed E-state index contributed by atoms with van der Waals surface area (Å²) in [6.07, 6.45) is -0.327. The van der Waals surface area contributed by atoms with Crippen LogP contribution >= 0.6 is 0 Å². The molecule has 0 aliphatic carbocycles. The van der Waals surface area contributed by atoms with E-state index >= 15 is 0 Å². The predicted octanol–water partition coefficient (Wildman–Crippen LogP) is 4.90. The van der Waals surface area contributed by atoms with E-state index in [1.807, 2.05) is 0 Å². The lowest BCUT2D eigenvalue weighted by Crippen LogP contribution is -2.38. The zero-order valence-corrected chi connectivity index (χ0v) is 19.5. The van der Waals surface area contributed by atoms with E-state index < -0.39 is 23.4 Å². The first kappa shape index (κ1) is 26.5. The monoisotopic (exact) mass is 494 g/mol. The van der Waals surface area contributed by atoms with Gasteiger partial charge in [0.05, 0.1) is 19.8 Å². The molecule has 1 aliphatic rings. The molecular weight excluding hydrogens is 465 g/mol. The Morgan fingerprint density at radius 3 is 2.51 bits per heavy atom. The predicted molar refractivity (Wildman–Crippen MR) is 122 cm³/mol. The molecule has 1 N–H and O–H groups in total. The number of pyridine rings is 1. The molecule has 2 aromatic rings. The first-order valence-electron chi connectivity index (χ1n) is 11.6. The van der Waals surface area contributed by atoms with E-state index in [-0.39, 0.29) is 36.0 Å². The van der Waals surface area contributed by atoms with Crippen LogP contribution in [0.4, 0.5) is 13.2 Å². The Kier molecular flexibility index (Phi) is 9.08. The Balaban J connectivity index is 1.61. The van der Waals surface area contributed by atoms with E-state index in [0.29, 0.717) is 18.9 Å². The Hall–Kier alpha value is -3.14. The van der Waals surface area contributed by atoms with Crippen molar-refractivity contribution >= 4 is 11.9 Å². The van der Waals surface area contributed by atoms with E-state index in [0.717, 1.165) is 32.4 Å². The number of likely N-dealkylation sites (tertiary alicyclic amines) is 1. The fourth-order valence-corrected chi connectivity index (χ4v) is 4.34. The molecule has 1 aliphatic heterocycles. The number of aromatic nitrogens is 1. The largest absolute Gasteiger partial charge is 0.493 e. The van der Waals surface area contributed by atoms with Crippen LogP contribution in [0.2, 0.25) is 0 Å². The molecule has 2 heterocycles. The molecule has 10 heteroatoms. The van der Waals surface area contributed by atoms with Gasteiger partial charge in [0, 0.05) is 17.3 Å². The van der Waals surface area contributed by atoms with Gasteiger partial charge in [-0.3, -0.25) is 9.69 Å². The number of piperidine rings is 1. The summed E-state index contributed by atoms with van der Waals surface area (Å²) >= 11 is 0. The fourth-order valence-electron chi connectivity index (χ4n) is 4.34. The molecule has 1 aromatic heterocycles. The number of aromatic carboxylic acids is 1. The number of carbonyl (C=O) groups excluding carboxylic acids is 1. The Morgan fingerprint density at radius 1 is 1.14 bits per heavy atom. The number of rotatable bonds is 10. The van der Waals surface area contributed by atoms with Gasteiger partial charge < -0.3 is 14.6 Å². The van der Waals surface area contributed by atoms with Crippen molar-refractivity contribution in [3.8, 4) is 16.9 Å². The van der Waals surface area contributed by atoms with E-state index in [1.165, 1.54) is 36.5 Å². The third kappa shape index (κ3) is 7.17. The molecule has 0 bridgehead atoms. The highest BCUT2D eigenvalue weighted by atomic mass is 19.4. The molecular formula is C25H29F3N2O5. The second-order valence-corrected chi connectivity index (χ2v) is 8.40. The summed E-state index contributed by atoms with van der Waals surface area (Å²) in [5.41, 5.74) is -1.87. The van der Waals surface area contributed by atoms with Crippen LogP contribution in [0.15, 0.2) is 36.5 Å². The summed E-state index contributed by atoms with van der Waals surface area (Å²) in [6.45, 7) is 4.07. The van der Waals surface area contributed by atoms with Gasteiger partial charge in [0.2, 0.25) is 0 Å². The highest BCUT2D eigenvalue weighted by Gasteiger charge is 2.38. The normalized spacial score (nSPS) is 15.1. The smallest absolute Gasteiger partial charge is 0.420 e. The molecule has 190 valence electrons. The van der Waals surface area contributed by atoms with Crippen LogP contribution in [0, 0.1) is 5.92 Å². The average molecular weight is 495 g/mol. The lowest BCUT2D eigenvalue weighted by atomic mass is 9.92. The molecule has 0 spiro atoms. The minimum absolute atomic E-state index is 0.106. The molecule has 35 heavy (non-hydrogen) atoms. The van der Waals surface area contributed by atoms with Crippen molar-refractivity contribution in [2.45, 2.75) is 38.8 Å². The van der Waals surface area contributed by atoms with Gasteiger partial charge in [-0.25, -0.2) is 9.78 Å². The van der Waals surface area contributed by atoms with Crippen LogP contribution in [-0.2, 0) is 15.7 Å². The van der Waals surface area contributed by atoms with Gasteiger partial charge in [-0.15, -0.1) is 0 Å². The van der Waals surface area contributed by atoms with E-state index in [1.54, 1.807) is 6.92 Å². The molecule has 3 rings (SSSR count). The fraction of sp³-hybridized carbons (Fsp3) is 0.480. The van der Waals surface area contributed by atoms with Crippen LogP contribution in [0.1, 0.15) is 48.7 Å². The number of ether oxygens (including phenoxy) is 2. The summed E-state index contributed by atoms with van der Waals surface area (Å²) in [7, 11) is 0. The highest BCUT2D eigenvalue weighted by molar-refractivity contribution is 5.94. The SMILES string of the molecule is CCOC(=O)CN1CCC(CCCOc2cccc(-c3cccnc3C(=O)O)c2C(F)(F)F)CC1. The van der Waals surface area contributed by atoms with Crippen molar-refractivity contribution in [3.63, 3.8) is 0 Å². The third-order valence-corrected chi connectivity index (χ3v) is 5.99. The number of alkyl halides is 3. The Labute approximate surface area is 201 Å². The minimum atomic E-state index is -4.75. The summed E-state index contributed by atoms with van der Waals surface area (Å²) in [5.74, 6) is -1.56. The maximum absolute atomic E-state index is 14.0. The molecule has 0 saturated carbocycles. The number of halogens is 3. The maximum atomic E-state index is 14.0. The van der Waals surface area contributed by atoms with E-state index in [2.05, 4.69) is 9.88 Å². The molecule has 7 nitrogen and oxygen atoms in total. The van der Waals surface area contributed by atoms with Gasteiger partial charge in [-0.1, -0.05) is 18.2 Å². The molecule has 1 saturated heterocycles. The summed E-state index contributed by atoms with van der Waals surface area (Å²) in [5, 5.41) is 9.37. The lowest BCUT2D eigenvalue weighted by molar-refractivity contribution is -0.144. The second-order valence-electron chi connectivity index (χ2n) is 8.40. The van der Waals surface area contributed by atoms with Gasteiger partial charge in [-0.2, -0.15) is 13.2 Å². The average Bonchev–Trinajstić information content (AvgIpc) is 2.82. The first-order chi connectivity index (χ1) is 16.7. The van der Waals surface area contributed by atoms with Crippen LogP contribution in [0.3, 0.4) is 0 Å². The number of nitrogens with zero attached hydrogens (tertiary/aromatic N) is 2. The number of carboxylic acids is 1. The zero-order chi connectivity index (χ0) is 25.4. The summed E-state index contributed by atoms with van der Waals surface area (Å²) in [4.78, 5) is 28.9. The molecule has 1 aromatic carbocycles. The van der Waals surface area contributed by atoms with Crippen LogP contribution in [0.5, 0.6) is 5.75 Å². The molecule has 0 unspecified atom stereocenters. The van der Waals surface area contributed by atoms with E-state index in [9.17, 15) is 27.9 Å². The number of benzene rings is 1. The molecule has 0 radical (unpaired) electrons. The molecule has 1 fully saturated rings. The van der Waals surface area contributed by atoms with Crippen LogP contribution in [0.25, 0.3) is 11.1 Å². The van der Waals surface area contributed by atoms with E-state index in [4.69, 9.17) is 9.47 Å². The van der Waals surface area contributed by atoms with Gasteiger partial charge in [0.15, 0.2) is 5.69 Å². The topological polar surface area (TPSA) is 89.0 Å². The van der Waals surface area contributed by atoms with Crippen LogP contribution < -0.4 is 4.74 Å². The van der Waals surface area contributed by atoms with Gasteiger partial charge >= 0.3 is 18.1 Å². The van der Waals surface area contributed by atoms with Gasteiger partial charge in [0.1, 0.15) is 11.3 Å². The second kappa shape index (κ2) is 12.0. The zero-order valence-electron chi connectivity index (χ0n) is 19.5. The summed E-state index contributed by atoms with van der Waals surface area (Å²) < 4.78 is 52.6. The quantitative estimate of drug-likeness (QED) is 0.371. The Morgan fingerprint density at radius 2 is 1.86 bits per heavy atom. The third-order valence-electron chi connectivity index (χ3n) is 5.99. The Bertz CT molecular complexity index is 1020. The number of carbonyl (C=O) groups is 2. The standard InChI is InChI=1S/C25H29F3N2O5/c1-2-34-21(31)16-30-13-10-17(11-14-30)6-5-15-35-20-9-3-7-18(22(20)25(26,27)28)19-8-4-12-29-23(19)24(32)33/h3-4,7-9,12,17H,2,5-6,10-11,13-16H2,1H3,(H,32,33). The molecule has 0 amide bonds. The number of hydrogen-bond acceptors (Lipinski definition) is 6. The van der Waals surface area contributed by atoms with Crippen molar-refractivity contribution in [2.75, 3.05) is 32.8 Å². The van der Waals surface area contributed by atoms with Crippen molar-refractivity contribution < 1.29 is 37.3 Å². The number of hydrogen-bond donors (Lipinski definition) is 1. The first-order valence-corrected chi connectivity index (χ1v) is 11.6. The highest BCUT2D eigenvalue weighted by Crippen LogP contribution is 2.43. The van der Waals surface area contributed by atoms with Crippen molar-refractivity contribution in [1.82, 2.24) is 9.88 Å². The summed E-state index contributed by atoms with van der Waals surface area (Å²) in [6, 6.07) is 6.59. The van der Waals surface area contributed by atoms with Gasteiger partial charge in [0.25, 0.3) is 0 Å². The van der Waals surface area contributed by atoms with Crippen molar-refractivity contribution in [2.24, 2.45) is 5.92 Å². The number of esters is 1. The van der Waals surface area contributed by atoms with Crippen molar-refractivity contribution in [1.29, 1.82) is 0 Å². The van der Waals surface area contributed by atoms with Crippen LogP contribution in [-0.4, -0.2) is 59.8 Å². The van der Waals surface area contributed by atoms with Crippen molar-refractivity contribution in [3.05, 3.63) is 47.8 Å². The van der Waals surface area contributed by atoms with Gasteiger partial charge in [-0.05, 0) is 63.7 Å². The lowest BCUT2D eigenvalue weighted by Gasteiger charge is -2.31. The molecule has 0 atom stereocenters. The number of carboxylic acid groups (broad SMARTS) is 1.